The van der Waals surface area contributed by atoms with Gasteiger partial charge in [-0.05, 0) is 56.5 Å². The Labute approximate surface area is 152 Å². The minimum atomic E-state index is 0.125. The summed E-state index contributed by atoms with van der Waals surface area (Å²) >= 11 is 1.40. The van der Waals surface area contributed by atoms with Gasteiger partial charge in [-0.2, -0.15) is 0 Å². The molecule has 0 unspecified atom stereocenters. The molecule has 132 valence electrons. The molecule has 1 aliphatic rings. The highest BCUT2D eigenvalue weighted by Crippen LogP contribution is 2.25. The van der Waals surface area contributed by atoms with Crippen molar-refractivity contribution in [1.82, 2.24) is 14.9 Å². The summed E-state index contributed by atoms with van der Waals surface area (Å²) in [5, 5.41) is 0.668. The molecule has 3 rings (SSSR count). The first kappa shape index (κ1) is 17.7. The van der Waals surface area contributed by atoms with Gasteiger partial charge >= 0.3 is 0 Å². The van der Waals surface area contributed by atoms with Gasteiger partial charge in [0.15, 0.2) is 5.16 Å². The fraction of sp³-hybridized carbons (Fsp3) is 0.421. The number of aromatic nitrogens is 2. The van der Waals surface area contributed by atoms with Crippen molar-refractivity contribution in [2.45, 2.75) is 38.9 Å². The van der Waals surface area contributed by atoms with Crippen molar-refractivity contribution in [3.05, 3.63) is 46.8 Å². The third kappa shape index (κ3) is 4.51. The summed E-state index contributed by atoms with van der Waals surface area (Å²) < 4.78 is 5.57. The van der Waals surface area contributed by atoms with Crippen LogP contribution in [0.5, 0.6) is 5.75 Å². The predicted octanol–water partition coefficient (Wildman–Crippen LogP) is 3.17. The van der Waals surface area contributed by atoms with Gasteiger partial charge in [0.1, 0.15) is 5.75 Å². The lowest BCUT2D eigenvalue weighted by atomic mass is 9.99. The zero-order chi connectivity index (χ0) is 17.8. The third-order valence-electron chi connectivity index (χ3n) is 4.14. The number of nitrogens with zero attached hydrogens (tertiary/aromatic N) is 3. The monoisotopic (exact) mass is 357 g/mol. The van der Waals surface area contributed by atoms with Gasteiger partial charge < -0.3 is 9.64 Å². The molecule has 2 aromatic rings. The van der Waals surface area contributed by atoms with E-state index in [9.17, 15) is 4.79 Å². The van der Waals surface area contributed by atoms with E-state index in [1.54, 1.807) is 0 Å². The Morgan fingerprint density at radius 2 is 1.96 bits per heavy atom. The molecule has 0 spiro atoms. The molecule has 2 heterocycles. The molecule has 0 atom stereocenters. The summed E-state index contributed by atoms with van der Waals surface area (Å²) in [6, 6.07) is 8.11. The number of ether oxygens (including phenoxy) is 1. The van der Waals surface area contributed by atoms with Gasteiger partial charge in [0.05, 0.1) is 12.4 Å². The Hall–Kier alpha value is -2.08. The molecule has 1 aliphatic heterocycles. The minimum Gasteiger partial charge on any atom is -0.494 e. The first-order valence-electron chi connectivity index (χ1n) is 8.52. The highest BCUT2D eigenvalue weighted by atomic mass is 32.2. The maximum absolute atomic E-state index is 12.6. The van der Waals surface area contributed by atoms with Crippen LogP contribution in [-0.2, 0) is 17.8 Å². The zero-order valence-corrected chi connectivity index (χ0v) is 15.7. The van der Waals surface area contributed by atoms with E-state index in [0.29, 0.717) is 24.1 Å². The van der Waals surface area contributed by atoms with Crippen molar-refractivity contribution in [2.24, 2.45) is 0 Å². The van der Waals surface area contributed by atoms with Crippen LogP contribution in [0.4, 0.5) is 0 Å². The zero-order valence-electron chi connectivity index (χ0n) is 14.9. The van der Waals surface area contributed by atoms with Gasteiger partial charge in [0.25, 0.3) is 0 Å². The van der Waals surface area contributed by atoms with Crippen LogP contribution in [0.25, 0.3) is 0 Å². The van der Waals surface area contributed by atoms with E-state index in [4.69, 9.17) is 4.74 Å². The number of thioether (sulfide) groups is 1. The molecule has 5 nitrogen and oxygen atoms in total. The number of carbonyl (C=O) groups excluding carboxylic acids is 1. The Kier molecular flexibility index (Phi) is 5.58. The van der Waals surface area contributed by atoms with Crippen LogP contribution in [0.1, 0.15) is 29.4 Å². The number of aryl methyl sites for hydroxylation is 2. The summed E-state index contributed by atoms with van der Waals surface area (Å²) in [5.41, 5.74) is 4.34. The second-order valence-electron chi connectivity index (χ2n) is 6.15. The van der Waals surface area contributed by atoms with Crippen molar-refractivity contribution in [2.75, 3.05) is 18.9 Å². The third-order valence-corrected chi connectivity index (χ3v) is 4.97. The highest BCUT2D eigenvalue weighted by molar-refractivity contribution is 7.99. The molecule has 1 aromatic heterocycles. The molecule has 0 fully saturated rings. The van der Waals surface area contributed by atoms with Crippen molar-refractivity contribution in [1.29, 1.82) is 0 Å². The van der Waals surface area contributed by atoms with Crippen LogP contribution in [0.3, 0.4) is 0 Å². The molecular weight excluding hydrogens is 334 g/mol. The molecule has 0 bridgehead atoms. The average molecular weight is 357 g/mol. The van der Waals surface area contributed by atoms with Crippen LogP contribution in [-0.4, -0.2) is 39.7 Å². The fourth-order valence-electron chi connectivity index (χ4n) is 2.98. The number of rotatable bonds is 5. The van der Waals surface area contributed by atoms with E-state index in [1.807, 2.05) is 37.8 Å². The molecular formula is C19H23N3O2S. The molecule has 0 radical (unpaired) electrons. The Balaban J connectivity index is 1.62. The van der Waals surface area contributed by atoms with Crippen molar-refractivity contribution >= 4 is 17.7 Å². The lowest BCUT2D eigenvalue weighted by Crippen LogP contribution is -2.37. The van der Waals surface area contributed by atoms with Crippen molar-refractivity contribution in [3.8, 4) is 5.75 Å². The average Bonchev–Trinajstić information content (AvgIpc) is 2.58. The normalized spacial score (nSPS) is 13.5. The summed E-state index contributed by atoms with van der Waals surface area (Å²) in [4.78, 5) is 23.3. The quantitative estimate of drug-likeness (QED) is 0.608. The van der Waals surface area contributed by atoms with Gasteiger partial charge in [-0.1, -0.05) is 17.8 Å². The van der Waals surface area contributed by atoms with Gasteiger partial charge in [-0.25, -0.2) is 9.97 Å². The molecule has 0 N–H and O–H groups in total. The van der Waals surface area contributed by atoms with Gasteiger partial charge in [-0.3, -0.25) is 4.79 Å². The van der Waals surface area contributed by atoms with Crippen molar-refractivity contribution < 1.29 is 9.53 Å². The largest absolute Gasteiger partial charge is 0.494 e. The number of amides is 1. The van der Waals surface area contributed by atoms with Crippen LogP contribution in [0, 0.1) is 13.8 Å². The smallest absolute Gasteiger partial charge is 0.233 e. The summed E-state index contributed by atoms with van der Waals surface area (Å²) in [7, 11) is 0. The molecule has 6 heteroatoms. The second kappa shape index (κ2) is 7.87. The van der Waals surface area contributed by atoms with Crippen LogP contribution >= 0.6 is 11.8 Å². The fourth-order valence-corrected chi connectivity index (χ4v) is 3.83. The van der Waals surface area contributed by atoms with Gasteiger partial charge in [-0.15, -0.1) is 0 Å². The van der Waals surface area contributed by atoms with E-state index in [2.05, 4.69) is 22.1 Å². The second-order valence-corrected chi connectivity index (χ2v) is 7.09. The van der Waals surface area contributed by atoms with Crippen LogP contribution in [0.2, 0.25) is 0 Å². The molecule has 0 saturated heterocycles. The minimum absolute atomic E-state index is 0.125. The van der Waals surface area contributed by atoms with Gasteiger partial charge in [0, 0.05) is 24.5 Å². The number of benzene rings is 1. The summed E-state index contributed by atoms with van der Waals surface area (Å²) in [5.74, 6) is 1.36. The lowest BCUT2D eigenvalue weighted by Gasteiger charge is -2.29. The highest BCUT2D eigenvalue weighted by Gasteiger charge is 2.21. The number of carbonyl (C=O) groups is 1. The summed E-state index contributed by atoms with van der Waals surface area (Å²) in [6.45, 7) is 7.91. The molecule has 0 saturated carbocycles. The molecule has 1 amide bonds. The Morgan fingerprint density at radius 3 is 2.68 bits per heavy atom. The predicted molar refractivity (Wildman–Crippen MR) is 99.0 cm³/mol. The van der Waals surface area contributed by atoms with E-state index >= 15 is 0 Å². The number of hydrogen-bond acceptors (Lipinski definition) is 5. The lowest BCUT2D eigenvalue weighted by molar-refractivity contribution is -0.129. The van der Waals surface area contributed by atoms with Crippen molar-refractivity contribution in [3.63, 3.8) is 0 Å². The summed E-state index contributed by atoms with van der Waals surface area (Å²) in [6.07, 6.45) is 0.887. The Bertz CT molecular complexity index is 759. The standard InChI is InChI=1S/C19H23N3O2S/c1-4-24-17-6-5-15-7-8-22(11-16(15)10-17)18(23)12-25-19-20-13(2)9-14(3)21-19/h5-6,9-10H,4,7-8,11-12H2,1-3H3. The molecule has 25 heavy (non-hydrogen) atoms. The van der Waals surface area contributed by atoms with Crippen LogP contribution < -0.4 is 4.74 Å². The van der Waals surface area contributed by atoms with Gasteiger partial charge in [0.2, 0.25) is 5.91 Å². The number of fused-ring (bicyclic) bond motifs is 1. The van der Waals surface area contributed by atoms with E-state index in [0.717, 1.165) is 30.1 Å². The van der Waals surface area contributed by atoms with Crippen LogP contribution in [0.15, 0.2) is 29.4 Å². The van der Waals surface area contributed by atoms with E-state index in [-0.39, 0.29) is 5.91 Å². The Morgan fingerprint density at radius 1 is 1.20 bits per heavy atom. The topological polar surface area (TPSA) is 55.3 Å². The van der Waals surface area contributed by atoms with E-state index in [1.165, 1.54) is 22.9 Å². The molecule has 0 aliphatic carbocycles. The maximum Gasteiger partial charge on any atom is 0.233 e. The SMILES string of the molecule is CCOc1ccc2c(c1)CN(C(=O)CSc1nc(C)cc(C)n1)CC2. The molecule has 1 aromatic carbocycles. The maximum atomic E-state index is 12.6. The first-order valence-corrected chi connectivity index (χ1v) is 9.51. The first-order chi connectivity index (χ1) is 12.0. The number of hydrogen-bond donors (Lipinski definition) is 0. The van der Waals surface area contributed by atoms with E-state index < -0.39 is 0 Å².